The Kier molecular flexibility index (Phi) is 1.94. The highest BCUT2D eigenvalue weighted by atomic mass is 32.2. The molecule has 0 radical (unpaired) electrons. The van der Waals surface area contributed by atoms with Gasteiger partial charge in [0.05, 0.1) is 0 Å². The second-order valence-electron chi connectivity index (χ2n) is 3.86. The van der Waals surface area contributed by atoms with Gasteiger partial charge in [-0.1, -0.05) is 12.8 Å². The molecule has 58 valence electrons. The summed E-state index contributed by atoms with van der Waals surface area (Å²) in [6.45, 7) is 0. The summed E-state index contributed by atoms with van der Waals surface area (Å²) in [5.41, 5.74) is 0.836. The van der Waals surface area contributed by atoms with Crippen LogP contribution in [0.15, 0.2) is 0 Å². The van der Waals surface area contributed by atoms with Crippen molar-refractivity contribution >= 4 is 11.8 Å². The van der Waals surface area contributed by atoms with E-state index in [0.29, 0.717) is 0 Å². The van der Waals surface area contributed by atoms with Crippen LogP contribution in [0.2, 0.25) is 0 Å². The molecule has 1 heterocycles. The molecular weight excluding hydrogens is 140 g/mol. The monoisotopic (exact) mass is 156 g/mol. The fraction of sp³-hybridized carbons (Fsp3) is 1.00. The van der Waals surface area contributed by atoms with Gasteiger partial charge in [0.15, 0.2) is 0 Å². The summed E-state index contributed by atoms with van der Waals surface area (Å²) in [4.78, 5) is 0. The lowest BCUT2D eigenvalue weighted by Crippen LogP contribution is -2.23. The second kappa shape index (κ2) is 2.77. The van der Waals surface area contributed by atoms with E-state index in [4.69, 9.17) is 0 Å². The van der Waals surface area contributed by atoms with Crippen LogP contribution in [0.5, 0.6) is 0 Å². The van der Waals surface area contributed by atoms with E-state index in [9.17, 15) is 0 Å². The maximum absolute atomic E-state index is 2.19. The third-order valence-corrected chi connectivity index (χ3v) is 4.46. The third-order valence-electron chi connectivity index (χ3n) is 3.07. The minimum absolute atomic E-state index is 0.836. The predicted octanol–water partition coefficient (Wildman–Crippen LogP) is 3.07. The molecule has 1 aliphatic heterocycles. The predicted molar refractivity (Wildman–Crippen MR) is 47.5 cm³/mol. The molecule has 0 unspecified atom stereocenters. The first-order chi connectivity index (χ1) is 4.91. The Bertz CT molecular complexity index is 106. The molecule has 0 nitrogen and oxygen atoms in total. The second-order valence-corrected chi connectivity index (χ2v) is 4.97. The lowest BCUT2D eigenvalue weighted by molar-refractivity contribution is 0.307. The lowest BCUT2D eigenvalue weighted by atomic mass is 9.83. The van der Waals surface area contributed by atoms with E-state index in [1.165, 1.54) is 30.8 Å². The van der Waals surface area contributed by atoms with E-state index in [1.807, 2.05) is 0 Å². The van der Waals surface area contributed by atoms with E-state index in [2.05, 4.69) is 11.8 Å². The van der Waals surface area contributed by atoms with Crippen LogP contribution in [0.3, 0.4) is 0 Å². The van der Waals surface area contributed by atoms with E-state index in [1.54, 1.807) is 19.3 Å². The summed E-state index contributed by atoms with van der Waals surface area (Å²) in [7, 11) is 0. The minimum Gasteiger partial charge on any atom is -0.161 e. The first kappa shape index (κ1) is 7.02. The molecule has 0 aromatic rings. The highest BCUT2D eigenvalue weighted by molar-refractivity contribution is 7.99. The van der Waals surface area contributed by atoms with E-state index in [-0.39, 0.29) is 0 Å². The van der Waals surface area contributed by atoms with Crippen molar-refractivity contribution in [3.05, 3.63) is 0 Å². The summed E-state index contributed by atoms with van der Waals surface area (Å²) in [6, 6.07) is 0. The molecule has 2 aliphatic rings. The smallest absolute Gasteiger partial charge is 0.00108 e. The van der Waals surface area contributed by atoms with Crippen LogP contribution in [0, 0.1) is 5.41 Å². The fourth-order valence-electron chi connectivity index (χ4n) is 2.43. The van der Waals surface area contributed by atoms with Gasteiger partial charge in [0.25, 0.3) is 0 Å². The minimum atomic E-state index is 0.836. The molecular formula is C9H16S. The van der Waals surface area contributed by atoms with Crippen molar-refractivity contribution in [2.75, 3.05) is 11.5 Å². The van der Waals surface area contributed by atoms with Crippen LogP contribution in [-0.4, -0.2) is 11.5 Å². The Labute approximate surface area is 67.8 Å². The van der Waals surface area contributed by atoms with Gasteiger partial charge < -0.3 is 0 Å². The summed E-state index contributed by atoms with van der Waals surface area (Å²) in [6.07, 6.45) is 9.14. The molecule has 0 atom stereocenters. The molecule has 0 bridgehead atoms. The molecule has 0 aromatic carbocycles. The zero-order chi connectivity index (χ0) is 6.86. The van der Waals surface area contributed by atoms with Gasteiger partial charge in [-0.2, -0.15) is 11.8 Å². The molecule has 0 aromatic heterocycles. The van der Waals surface area contributed by atoms with Gasteiger partial charge in [0, 0.05) is 0 Å². The molecule has 10 heavy (non-hydrogen) atoms. The Hall–Kier alpha value is 0.350. The molecule has 1 heteroatoms. The van der Waals surface area contributed by atoms with E-state index in [0.717, 1.165) is 5.41 Å². The maximum atomic E-state index is 2.19. The molecule has 2 rings (SSSR count). The van der Waals surface area contributed by atoms with E-state index < -0.39 is 0 Å². The SMILES string of the molecule is C1CCC2(C1)CCCSC2. The number of rotatable bonds is 0. The first-order valence-corrected chi connectivity index (χ1v) is 5.65. The summed E-state index contributed by atoms with van der Waals surface area (Å²) >= 11 is 2.19. The van der Waals surface area contributed by atoms with Crippen molar-refractivity contribution in [2.24, 2.45) is 5.41 Å². The van der Waals surface area contributed by atoms with Crippen molar-refractivity contribution in [3.8, 4) is 0 Å². The average molecular weight is 156 g/mol. The molecule has 2 fully saturated rings. The Morgan fingerprint density at radius 1 is 0.900 bits per heavy atom. The quantitative estimate of drug-likeness (QED) is 0.519. The van der Waals surface area contributed by atoms with Gasteiger partial charge in [-0.05, 0) is 42.6 Å². The largest absolute Gasteiger partial charge is 0.161 e. The van der Waals surface area contributed by atoms with Crippen molar-refractivity contribution in [3.63, 3.8) is 0 Å². The lowest BCUT2D eigenvalue weighted by Gasteiger charge is -2.32. The standard InChI is InChI=1S/C9H16S/c1-2-5-9(4-1)6-3-7-10-8-9/h1-8H2. The topological polar surface area (TPSA) is 0 Å². The van der Waals surface area contributed by atoms with Gasteiger partial charge in [0.1, 0.15) is 0 Å². The number of thioether (sulfide) groups is 1. The van der Waals surface area contributed by atoms with Gasteiger partial charge in [-0.25, -0.2) is 0 Å². The molecule has 0 N–H and O–H groups in total. The van der Waals surface area contributed by atoms with Crippen LogP contribution in [0.1, 0.15) is 38.5 Å². The normalized spacial score (nSPS) is 31.2. The van der Waals surface area contributed by atoms with Crippen LogP contribution in [-0.2, 0) is 0 Å². The van der Waals surface area contributed by atoms with Crippen molar-refractivity contribution in [1.82, 2.24) is 0 Å². The zero-order valence-electron chi connectivity index (χ0n) is 6.57. The molecule has 0 amide bonds. The molecule has 1 spiro atoms. The Balaban J connectivity index is 1.98. The highest BCUT2D eigenvalue weighted by Crippen LogP contribution is 2.47. The summed E-state index contributed by atoms with van der Waals surface area (Å²) < 4.78 is 0. The zero-order valence-corrected chi connectivity index (χ0v) is 7.38. The van der Waals surface area contributed by atoms with Gasteiger partial charge in [-0.3, -0.25) is 0 Å². The maximum Gasteiger partial charge on any atom is -0.00108 e. The molecule has 1 saturated carbocycles. The van der Waals surface area contributed by atoms with Crippen molar-refractivity contribution in [1.29, 1.82) is 0 Å². The fourth-order valence-corrected chi connectivity index (χ4v) is 3.79. The van der Waals surface area contributed by atoms with E-state index >= 15 is 0 Å². The van der Waals surface area contributed by atoms with Gasteiger partial charge in [-0.15, -0.1) is 0 Å². The number of hydrogen-bond acceptors (Lipinski definition) is 1. The van der Waals surface area contributed by atoms with Crippen LogP contribution in [0.25, 0.3) is 0 Å². The van der Waals surface area contributed by atoms with Crippen LogP contribution >= 0.6 is 11.8 Å². The number of hydrogen-bond donors (Lipinski definition) is 0. The van der Waals surface area contributed by atoms with Crippen molar-refractivity contribution in [2.45, 2.75) is 38.5 Å². The van der Waals surface area contributed by atoms with Gasteiger partial charge in [0.2, 0.25) is 0 Å². The summed E-state index contributed by atoms with van der Waals surface area (Å²) in [5, 5.41) is 0. The summed E-state index contributed by atoms with van der Waals surface area (Å²) in [5.74, 6) is 2.91. The first-order valence-electron chi connectivity index (χ1n) is 4.49. The Morgan fingerprint density at radius 2 is 1.60 bits per heavy atom. The van der Waals surface area contributed by atoms with Crippen LogP contribution in [0.4, 0.5) is 0 Å². The van der Waals surface area contributed by atoms with Crippen LogP contribution < -0.4 is 0 Å². The van der Waals surface area contributed by atoms with Crippen molar-refractivity contribution < 1.29 is 0 Å². The molecule has 1 saturated heterocycles. The Morgan fingerprint density at radius 3 is 2.20 bits per heavy atom. The highest BCUT2D eigenvalue weighted by Gasteiger charge is 2.34. The average Bonchev–Trinajstić information content (AvgIpc) is 2.39. The third kappa shape index (κ3) is 1.20. The molecule has 1 aliphatic carbocycles. The van der Waals surface area contributed by atoms with Gasteiger partial charge >= 0.3 is 0 Å².